The van der Waals surface area contributed by atoms with Crippen molar-refractivity contribution in [3.05, 3.63) is 24.3 Å². The van der Waals surface area contributed by atoms with Crippen LogP contribution in [0.1, 0.15) is 78.6 Å². The topological polar surface area (TPSA) is 26.3 Å². The summed E-state index contributed by atoms with van der Waals surface area (Å²) in [6.07, 6.45) is 15.5. The van der Waals surface area contributed by atoms with Gasteiger partial charge in [0.15, 0.2) is 0 Å². The van der Waals surface area contributed by atoms with Crippen LogP contribution in [-0.2, 0) is 9.53 Å². The van der Waals surface area contributed by atoms with Gasteiger partial charge >= 0.3 is 5.97 Å². The van der Waals surface area contributed by atoms with E-state index in [2.05, 4.69) is 32.6 Å². The van der Waals surface area contributed by atoms with Crippen molar-refractivity contribution in [2.24, 2.45) is 5.92 Å². The van der Waals surface area contributed by atoms with Crippen molar-refractivity contribution < 1.29 is 9.53 Å². The van der Waals surface area contributed by atoms with E-state index in [4.69, 9.17) is 4.74 Å². The van der Waals surface area contributed by atoms with Gasteiger partial charge in [-0.05, 0) is 44.9 Å². The summed E-state index contributed by atoms with van der Waals surface area (Å²) in [5.41, 5.74) is 0.486. The van der Waals surface area contributed by atoms with Crippen LogP contribution in [0.15, 0.2) is 24.3 Å². The number of rotatable bonds is 13. The van der Waals surface area contributed by atoms with Crippen LogP contribution in [-0.4, -0.2) is 12.6 Å². The number of allylic oxidation sites excluding steroid dienone is 2. The summed E-state index contributed by atoms with van der Waals surface area (Å²) in [5, 5.41) is 0. The van der Waals surface area contributed by atoms with Crippen LogP contribution < -0.4 is 0 Å². The van der Waals surface area contributed by atoms with Gasteiger partial charge in [0.25, 0.3) is 0 Å². The highest BCUT2D eigenvalue weighted by atomic mass is 16.5. The fourth-order valence-electron chi connectivity index (χ4n) is 2.48. The second kappa shape index (κ2) is 13.9. The Morgan fingerprint density at radius 3 is 2.43 bits per heavy atom. The molecular formula is C19H34O2. The first-order valence-electron chi connectivity index (χ1n) is 8.59. The largest absolute Gasteiger partial charge is 0.462 e. The summed E-state index contributed by atoms with van der Waals surface area (Å²) in [4.78, 5) is 11.3. The van der Waals surface area contributed by atoms with Crippen LogP contribution >= 0.6 is 0 Å². The molecule has 1 unspecified atom stereocenters. The summed E-state index contributed by atoms with van der Waals surface area (Å²) in [5.74, 6) is 0.526. The molecule has 0 saturated heterocycles. The normalized spacial score (nSPS) is 12.5. The third-order valence-electron chi connectivity index (χ3n) is 3.67. The maximum absolute atomic E-state index is 11.3. The van der Waals surface area contributed by atoms with E-state index in [-0.39, 0.29) is 5.97 Å². The molecule has 0 N–H and O–H groups in total. The zero-order chi connectivity index (χ0) is 15.9. The number of unbranched alkanes of at least 4 members (excludes halogenated alkanes) is 2. The first kappa shape index (κ1) is 19.9. The smallest absolute Gasteiger partial charge is 0.333 e. The van der Waals surface area contributed by atoms with E-state index < -0.39 is 0 Å². The molecule has 0 rings (SSSR count). The maximum Gasteiger partial charge on any atom is 0.333 e. The van der Waals surface area contributed by atoms with Gasteiger partial charge in [0.05, 0.1) is 6.61 Å². The number of hydrogen-bond donors (Lipinski definition) is 0. The number of carbonyl (C=O) groups excluding carboxylic acids is 1. The third kappa shape index (κ3) is 12.4. The van der Waals surface area contributed by atoms with Crippen molar-refractivity contribution in [1.29, 1.82) is 0 Å². The SMILES string of the molecule is C=C(C)C(=O)OCCCC(CCC)CCCCC=CCC. The Morgan fingerprint density at radius 1 is 1.10 bits per heavy atom. The molecule has 0 aromatic heterocycles. The number of hydrogen-bond acceptors (Lipinski definition) is 2. The Morgan fingerprint density at radius 2 is 1.81 bits per heavy atom. The van der Waals surface area contributed by atoms with Crippen LogP contribution in [0.3, 0.4) is 0 Å². The van der Waals surface area contributed by atoms with E-state index in [0.717, 1.165) is 18.8 Å². The van der Waals surface area contributed by atoms with Gasteiger partial charge in [-0.1, -0.05) is 58.3 Å². The van der Waals surface area contributed by atoms with Crippen LogP contribution in [0, 0.1) is 5.92 Å². The molecule has 0 aliphatic carbocycles. The highest BCUT2D eigenvalue weighted by Crippen LogP contribution is 2.21. The fraction of sp³-hybridized carbons (Fsp3) is 0.737. The molecule has 0 aromatic rings. The summed E-state index contributed by atoms with van der Waals surface area (Å²) in [7, 11) is 0. The van der Waals surface area contributed by atoms with Gasteiger partial charge < -0.3 is 4.74 Å². The molecule has 0 aromatic carbocycles. The quantitative estimate of drug-likeness (QED) is 0.185. The molecule has 0 spiro atoms. The van der Waals surface area contributed by atoms with Crippen LogP contribution in [0.25, 0.3) is 0 Å². The van der Waals surface area contributed by atoms with E-state index in [1.54, 1.807) is 6.92 Å². The minimum Gasteiger partial charge on any atom is -0.462 e. The zero-order valence-electron chi connectivity index (χ0n) is 14.3. The van der Waals surface area contributed by atoms with E-state index in [1.165, 1.54) is 44.9 Å². The van der Waals surface area contributed by atoms with Crippen LogP contribution in [0.2, 0.25) is 0 Å². The Hall–Kier alpha value is -1.05. The first-order chi connectivity index (χ1) is 10.1. The van der Waals surface area contributed by atoms with E-state index in [9.17, 15) is 4.79 Å². The molecule has 1 atom stereocenters. The van der Waals surface area contributed by atoms with E-state index in [0.29, 0.717) is 12.2 Å². The van der Waals surface area contributed by atoms with Crippen molar-refractivity contribution in [2.45, 2.75) is 78.6 Å². The van der Waals surface area contributed by atoms with Crippen molar-refractivity contribution in [3.8, 4) is 0 Å². The lowest BCUT2D eigenvalue weighted by Crippen LogP contribution is -2.08. The second-order valence-corrected chi connectivity index (χ2v) is 5.88. The second-order valence-electron chi connectivity index (χ2n) is 5.88. The standard InChI is InChI=1S/C19H34O2/c1-5-7-8-9-10-11-14-18(13-6-2)15-12-16-21-19(20)17(3)4/h7-8,18H,3,5-6,9-16H2,1-2,4H3. The van der Waals surface area contributed by atoms with E-state index in [1.807, 2.05) is 0 Å². The van der Waals surface area contributed by atoms with Crippen LogP contribution in [0.5, 0.6) is 0 Å². The molecule has 0 saturated carbocycles. The molecule has 2 heteroatoms. The molecular weight excluding hydrogens is 260 g/mol. The van der Waals surface area contributed by atoms with Gasteiger partial charge in [-0.25, -0.2) is 4.79 Å². The lowest BCUT2D eigenvalue weighted by Gasteiger charge is -2.15. The Bertz CT molecular complexity index is 305. The molecule has 0 amide bonds. The van der Waals surface area contributed by atoms with Gasteiger partial charge in [0.2, 0.25) is 0 Å². The van der Waals surface area contributed by atoms with Crippen molar-refractivity contribution in [1.82, 2.24) is 0 Å². The van der Waals surface area contributed by atoms with Gasteiger partial charge in [-0.15, -0.1) is 0 Å². The molecule has 21 heavy (non-hydrogen) atoms. The third-order valence-corrected chi connectivity index (χ3v) is 3.67. The molecule has 0 aliphatic heterocycles. The van der Waals surface area contributed by atoms with Crippen molar-refractivity contribution in [2.75, 3.05) is 6.61 Å². The number of esters is 1. The van der Waals surface area contributed by atoms with Crippen molar-refractivity contribution in [3.63, 3.8) is 0 Å². The molecule has 0 aliphatic rings. The maximum atomic E-state index is 11.3. The Kier molecular flexibility index (Phi) is 13.2. The predicted octanol–water partition coefficient (Wildman–Crippen LogP) is 5.83. The Labute approximate surface area is 131 Å². The van der Waals surface area contributed by atoms with Crippen LogP contribution in [0.4, 0.5) is 0 Å². The predicted molar refractivity (Wildman–Crippen MR) is 91.3 cm³/mol. The van der Waals surface area contributed by atoms with Gasteiger partial charge in [-0.3, -0.25) is 0 Å². The summed E-state index contributed by atoms with van der Waals surface area (Å²) < 4.78 is 5.15. The fourth-order valence-corrected chi connectivity index (χ4v) is 2.48. The summed E-state index contributed by atoms with van der Waals surface area (Å²) in [6, 6.07) is 0. The van der Waals surface area contributed by atoms with Gasteiger partial charge in [0, 0.05) is 5.57 Å². The first-order valence-corrected chi connectivity index (χ1v) is 8.59. The average Bonchev–Trinajstić information content (AvgIpc) is 2.46. The summed E-state index contributed by atoms with van der Waals surface area (Å²) in [6.45, 7) is 10.2. The van der Waals surface area contributed by atoms with E-state index >= 15 is 0 Å². The minimum absolute atomic E-state index is 0.259. The van der Waals surface area contributed by atoms with Gasteiger partial charge in [-0.2, -0.15) is 0 Å². The molecule has 2 nitrogen and oxygen atoms in total. The van der Waals surface area contributed by atoms with Gasteiger partial charge in [0.1, 0.15) is 0 Å². The van der Waals surface area contributed by atoms with Crippen molar-refractivity contribution >= 4 is 5.97 Å². The molecule has 0 bridgehead atoms. The molecule has 0 fully saturated rings. The highest BCUT2D eigenvalue weighted by molar-refractivity contribution is 5.86. The highest BCUT2D eigenvalue weighted by Gasteiger charge is 2.08. The monoisotopic (exact) mass is 294 g/mol. The lowest BCUT2D eigenvalue weighted by atomic mass is 9.92. The molecule has 0 heterocycles. The zero-order valence-corrected chi connectivity index (χ0v) is 14.3. The number of ether oxygens (including phenoxy) is 1. The number of carbonyl (C=O) groups is 1. The lowest BCUT2D eigenvalue weighted by molar-refractivity contribution is -0.139. The molecule has 122 valence electrons. The molecule has 0 radical (unpaired) electrons. The average molecular weight is 294 g/mol. The minimum atomic E-state index is -0.259. The Balaban J connectivity index is 3.73. The summed E-state index contributed by atoms with van der Waals surface area (Å²) >= 11 is 0.